The van der Waals surface area contributed by atoms with E-state index in [1.165, 1.54) is 0 Å². The Morgan fingerprint density at radius 2 is 2.06 bits per heavy atom. The third-order valence-electron chi connectivity index (χ3n) is 2.47. The number of anilines is 1. The number of nitrogens with two attached hydrogens (primary N) is 1. The number of rotatable bonds is 4. The summed E-state index contributed by atoms with van der Waals surface area (Å²) in [5.74, 6) is 1.49. The van der Waals surface area contributed by atoms with Gasteiger partial charge in [0.25, 0.3) is 0 Å². The smallest absolute Gasteiger partial charge is 0.128 e. The van der Waals surface area contributed by atoms with Crippen LogP contribution in [0.1, 0.15) is 12.5 Å². The quantitative estimate of drug-likeness (QED) is 0.944. The predicted molar refractivity (Wildman–Crippen MR) is 70.8 cm³/mol. The second-order valence-corrected chi connectivity index (χ2v) is 4.53. The minimum Gasteiger partial charge on any atom is -0.489 e. The van der Waals surface area contributed by atoms with Gasteiger partial charge in [0.15, 0.2) is 0 Å². The largest absolute Gasteiger partial charge is 0.489 e. The number of nitrogen functional groups attached to an aromatic ring is 1. The van der Waals surface area contributed by atoms with Gasteiger partial charge in [0.1, 0.15) is 18.2 Å². The summed E-state index contributed by atoms with van der Waals surface area (Å²) in [6.07, 6.45) is 1.75. The maximum atomic E-state index is 5.92. The molecule has 2 aromatic rings. The molecule has 0 aliphatic carbocycles. The van der Waals surface area contributed by atoms with Gasteiger partial charge in [0.05, 0.1) is 11.8 Å². The van der Waals surface area contributed by atoms with E-state index in [9.17, 15) is 0 Å². The first kappa shape index (κ1) is 12.0. The van der Waals surface area contributed by atoms with Crippen molar-refractivity contribution in [3.8, 4) is 5.75 Å². The molecule has 0 aliphatic heterocycles. The molecular weight excluding hydrogens is 282 g/mol. The lowest BCUT2D eigenvalue weighted by Gasteiger charge is -2.06. The van der Waals surface area contributed by atoms with Crippen LogP contribution in [0.2, 0.25) is 0 Å². The minimum absolute atomic E-state index is 0.438. The molecule has 5 heteroatoms. The number of halogens is 1. The molecule has 0 saturated heterocycles. The van der Waals surface area contributed by atoms with Crippen LogP contribution in [-0.4, -0.2) is 9.78 Å². The van der Waals surface area contributed by atoms with Crippen LogP contribution in [0, 0.1) is 0 Å². The maximum Gasteiger partial charge on any atom is 0.128 e. The summed E-state index contributed by atoms with van der Waals surface area (Å²) in [6, 6.07) is 7.69. The van der Waals surface area contributed by atoms with Crippen molar-refractivity contribution in [3.05, 3.63) is 40.5 Å². The monoisotopic (exact) mass is 295 g/mol. The molecule has 17 heavy (non-hydrogen) atoms. The van der Waals surface area contributed by atoms with Crippen molar-refractivity contribution in [2.45, 2.75) is 20.1 Å². The van der Waals surface area contributed by atoms with Crippen molar-refractivity contribution in [2.75, 3.05) is 5.73 Å². The second-order valence-electron chi connectivity index (χ2n) is 3.61. The zero-order chi connectivity index (χ0) is 12.3. The van der Waals surface area contributed by atoms with Crippen molar-refractivity contribution >= 4 is 21.7 Å². The molecule has 0 fully saturated rings. The van der Waals surface area contributed by atoms with E-state index in [1.807, 2.05) is 31.2 Å². The van der Waals surface area contributed by atoms with Gasteiger partial charge in [-0.3, -0.25) is 4.68 Å². The molecule has 0 saturated carbocycles. The summed E-state index contributed by atoms with van der Waals surface area (Å²) >= 11 is 3.38. The molecule has 90 valence electrons. The van der Waals surface area contributed by atoms with Gasteiger partial charge < -0.3 is 10.5 Å². The Morgan fingerprint density at radius 1 is 1.35 bits per heavy atom. The van der Waals surface area contributed by atoms with Crippen LogP contribution in [-0.2, 0) is 13.2 Å². The Labute approximate surface area is 109 Å². The fraction of sp³-hybridized carbons (Fsp3) is 0.250. The fourth-order valence-electron chi connectivity index (χ4n) is 1.49. The molecule has 1 heterocycles. The normalized spacial score (nSPS) is 10.5. The molecule has 2 rings (SSSR count). The average molecular weight is 296 g/mol. The Bertz CT molecular complexity index is 493. The van der Waals surface area contributed by atoms with Crippen molar-refractivity contribution in [1.29, 1.82) is 0 Å². The highest BCUT2D eigenvalue weighted by Gasteiger charge is 2.06. The van der Waals surface area contributed by atoms with E-state index in [-0.39, 0.29) is 0 Å². The molecule has 0 spiro atoms. The van der Waals surface area contributed by atoms with Gasteiger partial charge >= 0.3 is 0 Å². The Morgan fingerprint density at radius 3 is 2.65 bits per heavy atom. The molecule has 0 bridgehead atoms. The number of ether oxygens (including phenoxy) is 1. The zero-order valence-corrected chi connectivity index (χ0v) is 11.1. The van der Waals surface area contributed by atoms with Crippen molar-refractivity contribution in [2.24, 2.45) is 0 Å². The predicted octanol–water partition coefficient (Wildman–Crippen LogP) is 2.83. The Hall–Kier alpha value is -1.49. The van der Waals surface area contributed by atoms with Gasteiger partial charge in [-0.2, -0.15) is 5.10 Å². The topological polar surface area (TPSA) is 53.1 Å². The molecular formula is C12H14BrN3O. The highest BCUT2D eigenvalue weighted by Crippen LogP contribution is 2.19. The summed E-state index contributed by atoms with van der Waals surface area (Å²) in [7, 11) is 0. The van der Waals surface area contributed by atoms with Crippen molar-refractivity contribution in [1.82, 2.24) is 9.78 Å². The molecule has 0 amide bonds. The lowest BCUT2D eigenvalue weighted by molar-refractivity contribution is 0.307. The highest BCUT2D eigenvalue weighted by molar-refractivity contribution is 9.10. The van der Waals surface area contributed by atoms with Crippen LogP contribution >= 0.6 is 15.9 Å². The van der Waals surface area contributed by atoms with Gasteiger partial charge in [-0.05, 0) is 31.2 Å². The number of hydrogen-bond acceptors (Lipinski definition) is 3. The molecule has 0 radical (unpaired) electrons. The van der Waals surface area contributed by atoms with E-state index in [2.05, 4.69) is 21.0 Å². The van der Waals surface area contributed by atoms with Crippen LogP contribution < -0.4 is 10.5 Å². The van der Waals surface area contributed by atoms with Gasteiger partial charge in [-0.15, -0.1) is 0 Å². The van der Waals surface area contributed by atoms with E-state index in [0.717, 1.165) is 22.3 Å². The molecule has 2 N–H and O–H groups in total. The van der Waals surface area contributed by atoms with E-state index < -0.39 is 0 Å². The standard InChI is InChI=1S/C12H14BrN3O/c1-2-16-12(14)9(7-15-16)8-17-11-5-3-10(13)4-6-11/h3-7H,2,8,14H2,1H3. The van der Waals surface area contributed by atoms with Crippen LogP contribution in [0.5, 0.6) is 5.75 Å². The van der Waals surface area contributed by atoms with Crippen molar-refractivity contribution in [3.63, 3.8) is 0 Å². The molecule has 0 unspecified atom stereocenters. The summed E-state index contributed by atoms with van der Waals surface area (Å²) in [4.78, 5) is 0. The number of hydrogen-bond donors (Lipinski definition) is 1. The number of aryl methyl sites for hydroxylation is 1. The van der Waals surface area contributed by atoms with E-state index in [4.69, 9.17) is 10.5 Å². The van der Waals surface area contributed by atoms with Gasteiger partial charge in [0, 0.05) is 11.0 Å². The first-order chi connectivity index (χ1) is 8.20. The van der Waals surface area contributed by atoms with E-state index in [1.54, 1.807) is 10.9 Å². The van der Waals surface area contributed by atoms with Crippen LogP contribution in [0.4, 0.5) is 5.82 Å². The van der Waals surface area contributed by atoms with Gasteiger partial charge in [0.2, 0.25) is 0 Å². The lowest BCUT2D eigenvalue weighted by atomic mass is 10.3. The second kappa shape index (κ2) is 5.23. The highest BCUT2D eigenvalue weighted by atomic mass is 79.9. The average Bonchev–Trinajstić information content (AvgIpc) is 2.69. The van der Waals surface area contributed by atoms with Crippen LogP contribution in [0.3, 0.4) is 0 Å². The first-order valence-corrected chi connectivity index (χ1v) is 6.18. The summed E-state index contributed by atoms with van der Waals surface area (Å²) in [6.45, 7) is 3.21. The Kier molecular flexibility index (Phi) is 3.68. The number of nitrogens with zero attached hydrogens (tertiary/aromatic N) is 2. The van der Waals surface area contributed by atoms with Crippen LogP contribution in [0.15, 0.2) is 34.9 Å². The lowest BCUT2D eigenvalue weighted by Crippen LogP contribution is -2.04. The minimum atomic E-state index is 0.438. The molecule has 4 nitrogen and oxygen atoms in total. The fourth-order valence-corrected chi connectivity index (χ4v) is 1.75. The third-order valence-corrected chi connectivity index (χ3v) is 3.00. The molecule has 0 atom stereocenters. The van der Waals surface area contributed by atoms with Crippen molar-refractivity contribution < 1.29 is 4.74 Å². The van der Waals surface area contributed by atoms with Gasteiger partial charge in [-0.25, -0.2) is 0 Å². The van der Waals surface area contributed by atoms with E-state index in [0.29, 0.717) is 12.4 Å². The van der Waals surface area contributed by atoms with E-state index >= 15 is 0 Å². The zero-order valence-electron chi connectivity index (χ0n) is 9.56. The molecule has 0 aliphatic rings. The summed E-state index contributed by atoms with van der Waals surface area (Å²) in [5.41, 5.74) is 6.83. The summed E-state index contributed by atoms with van der Waals surface area (Å²) < 4.78 is 8.41. The molecule has 1 aromatic heterocycles. The number of aromatic nitrogens is 2. The summed E-state index contributed by atoms with van der Waals surface area (Å²) in [5, 5.41) is 4.16. The number of benzene rings is 1. The van der Waals surface area contributed by atoms with Crippen LogP contribution in [0.25, 0.3) is 0 Å². The Balaban J connectivity index is 2.02. The SMILES string of the molecule is CCn1ncc(COc2ccc(Br)cc2)c1N. The maximum absolute atomic E-state index is 5.92. The first-order valence-electron chi connectivity index (χ1n) is 5.39. The molecule has 1 aromatic carbocycles. The third kappa shape index (κ3) is 2.79. The van der Waals surface area contributed by atoms with Gasteiger partial charge in [-0.1, -0.05) is 15.9 Å².